The van der Waals surface area contributed by atoms with Gasteiger partial charge < -0.3 is 15.2 Å². The first-order chi connectivity index (χ1) is 9.83. The van der Waals surface area contributed by atoms with E-state index < -0.39 is 18.2 Å². The molecule has 0 aromatic carbocycles. The monoisotopic (exact) mass is 338 g/mol. The Labute approximate surface area is 127 Å². The number of pyridine rings is 1. The van der Waals surface area contributed by atoms with Crippen molar-refractivity contribution >= 4 is 28.8 Å². The van der Waals surface area contributed by atoms with E-state index in [0.29, 0.717) is 15.0 Å². The van der Waals surface area contributed by atoms with Crippen LogP contribution >= 0.6 is 22.9 Å². The predicted octanol–water partition coefficient (Wildman–Crippen LogP) is 3.84. The van der Waals surface area contributed by atoms with Gasteiger partial charge >= 0.3 is 6.36 Å². The molecule has 2 heterocycles. The molecule has 0 radical (unpaired) electrons. The lowest BCUT2D eigenvalue weighted by Gasteiger charge is -2.12. The van der Waals surface area contributed by atoms with Crippen LogP contribution in [0.5, 0.6) is 5.75 Å². The van der Waals surface area contributed by atoms with Gasteiger partial charge in [0.05, 0.1) is 10.5 Å². The Morgan fingerprint density at radius 3 is 2.62 bits per heavy atom. The number of alkyl halides is 3. The summed E-state index contributed by atoms with van der Waals surface area (Å²) < 4.78 is 40.2. The lowest BCUT2D eigenvalue weighted by atomic mass is 10.3. The van der Waals surface area contributed by atoms with Crippen LogP contribution in [0.3, 0.4) is 0 Å². The van der Waals surface area contributed by atoms with Crippen molar-refractivity contribution in [2.45, 2.75) is 12.5 Å². The van der Waals surface area contributed by atoms with E-state index in [1.54, 1.807) is 12.1 Å². The SMILES string of the molecule is OC(CNc1ccc(OC(F)(F)F)cn1)c1ccc(Cl)s1. The zero-order chi connectivity index (χ0) is 15.5. The second kappa shape index (κ2) is 6.50. The van der Waals surface area contributed by atoms with E-state index in [2.05, 4.69) is 15.0 Å². The quantitative estimate of drug-likeness (QED) is 0.869. The summed E-state index contributed by atoms with van der Waals surface area (Å²) in [5, 5.41) is 12.7. The average molecular weight is 339 g/mol. The van der Waals surface area contributed by atoms with Gasteiger partial charge in [0.25, 0.3) is 0 Å². The molecule has 2 aromatic heterocycles. The summed E-state index contributed by atoms with van der Waals surface area (Å²) in [5.74, 6) is -0.0788. The van der Waals surface area contributed by atoms with Gasteiger partial charge in [-0.15, -0.1) is 24.5 Å². The molecule has 1 unspecified atom stereocenters. The number of nitrogens with zero attached hydrogens (tertiary/aromatic N) is 1. The van der Waals surface area contributed by atoms with Crippen LogP contribution in [0.1, 0.15) is 11.0 Å². The molecule has 0 amide bonds. The molecule has 2 aromatic rings. The van der Waals surface area contributed by atoms with Crippen molar-refractivity contribution in [2.75, 3.05) is 11.9 Å². The van der Waals surface area contributed by atoms with Gasteiger partial charge in [0.1, 0.15) is 17.7 Å². The molecule has 0 saturated carbocycles. The maximum absolute atomic E-state index is 12.0. The van der Waals surface area contributed by atoms with E-state index in [0.717, 1.165) is 12.3 Å². The molecule has 0 saturated heterocycles. The number of aliphatic hydroxyl groups is 1. The topological polar surface area (TPSA) is 54.4 Å². The summed E-state index contributed by atoms with van der Waals surface area (Å²) in [6.45, 7) is 0.156. The number of thiophene rings is 1. The highest BCUT2D eigenvalue weighted by Gasteiger charge is 2.31. The summed E-state index contributed by atoms with van der Waals surface area (Å²) in [5.41, 5.74) is 0. The number of rotatable bonds is 5. The van der Waals surface area contributed by atoms with Crippen molar-refractivity contribution in [3.63, 3.8) is 0 Å². The predicted molar refractivity (Wildman–Crippen MR) is 73.7 cm³/mol. The highest BCUT2D eigenvalue weighted by molar-refractivity contribution is 7.16. The number of hydrogen-bond donors (Lipinski definition) is 2. The zero-order valence-electron chi connectivity index (χ0n) is 10.4. The maximum atomic E-state index is 12.0. The lowest BCUT2D eigenvalue weighted by Crippen LogP contribution is -2.17. The number of aliphatic hydroxyl groups excluding tert-OH is 1. The minimum atomic E-state index is -4.74. The van der Waals surface area contributed by atoms with Crippen LogP contribution < -0.4 is 10.1 Å². The minimum absolute atomic E-state index is 0.156. The van der Waals surface area contributed by atoms with Crippen molar-refractivity contribution in [2.24, 2.45) is 0 Å². The van der Waals surface area contributed by atoms with Crippen LogP contribution in [0, 0.1) is 0 Å². The first kappa shape index (κ1) is 15.9. The van der Waals surface area contributed by atoms with Crippen molar-refractivity contribution in [1.82, 2.24) is 4.98 Å². The second-order valence-corrected chi connectivity index (χ2v) is 5.71. The van der Waals surface area contributed by atoms with Gasteiger partial charge in [0, 0.05) is 11.4 Å². The molecule has 0 spiro atoms. The summed E-state index contributed by atoms with van der Waals surface area (Å²) in [4.78, 5) is 4.45. The van der Waals surface area contributed by atoms with E-state index >= 15 is 0 Å². The second-order valence-electron chi connectivity index (χ2n) is 3.97. The Hall–Kier alpha value is -1.51. The third-order valence-corrected chi connectivity index (χ3v) is 3.70. The van der Waals surface area contributed by atoms with Gasteiger partial charge in [-0.3, -0.25) is 0 Å². The Morgan fingerprint density at radius 1 is 1.33 bits per heavy atom. The third-order valence-electron chi connectivity index (χ3n) is 2.37. The summed E-state index contributed by atoms with van der Waals surface area (Å²) in [7, 11) is 0. The lowest BCUT2D eigenvalue weighted by molar-refractivity contribution is -0.274. The maximum Gasteiger partial charge on any atom is 0.573 e. The van der Waals surface area contributed by atoms with Crippen LogP contribution in [-0.2, 0) is 0 Å². The molecule has 2 N–H and O–H groups in total. The fourth-order valence-corrected chi connectivity index (χ4v) is 2.54. The molecule has 1 atom stereocenters. The largest absolute Gasteiger partial charge is 0.573 e. The Kier molecular flexibility index (Phi) is 4.92. The fraction of sp³-hybridized carbons (Fsp3) is 0.250. The van der Waals surface area contributed by atoms with E-state index in [1.165, 1.54) is 17.4 Å². The molecular formula is C12H10ClF3N2O2S. The number of nitrogens with one attached hydrogen (secondary N) is 1. The Morgan fingerprint density at radius 2 is 2.10 bits per heavy atom. The van der Waals surface area contributed by atoms with E-state index in [9.17, 15) is 18.3 Å². The van der Waals surface area contributed by atoms with Crippen LogP contribution in [0.4, 0.5) is 19.0 Å². The van der Waals surface area contributed by atoms with Gasteiger partial charge in [-0.05, 0) is 24.3 Å². The van der Waals surface area contributed by atoms with Gasteiger partial charge in [-0.1, -0.05) is 11.6 Å². The average Bonchev–Trinajstić information content (AvgIpc) is 2.82. The molecule has 21 heavy (non-hydrogen) atoms. The third kappa shape index (κ3) is 5.07. The van der Waals surface area contributed by atoms with Crippen LogP contribution in [0.2, 0.25) is 4.34 Å². The van der Waals surface area contributed by atoms with Crippen molar-refractivity contribution in [1.29, 1.82) is 0 Å². The zero-order valence-corrected chi connectivity index (χ0v) is 12.0. The first-order valence-electron chi connectivity index (χ1n) is 5.72. The van der Waals surface area contributed by atoms with Gasteiger partial charge in [-0.2, -0.15) is 0 Å². The van der Waals surface area contributed by atoms with E-state index in [1.807, 2.05) is 0 Å². The summed E-state index contributed by atoms with van der Waals surface area (Å²) >= 11 is 7.01. The normalized spacial score (nSPS) is 13.0. The molecule has 0 aliphatic carbocycles. The van der Waals surface area contributed by atoms with Crippen molar-refractivity contribution < 1.29 is 23.0 Å². The number of ether oxygens (including phenoxy) is 1. The smallest absolute Gasteiger partial charge is 0.404 e. The molecule has 4 nitrogen and oxygen atoms in total. The molecule has 114 valence electrons. The molecule has 0 aliphatic heterocycles. The molecular weight excluding hydrogens is 329 g/mol. The van der Waals surface area contributed by atoms with Gasteiger partial charge in [0.2, 0.25) is 0 Å². The van der Waals surface area contributed by atoms with Gasteiger partial charge in [-0.25, -0.2) is 4.98 Å². The molecule has 9 heteroatoms. The number of aromatic nitrogens is 1. The number of anilines is 1. The minimum Gasteiger partial charge on any atom is -0.404 e. The van der Waals surface area contributed by atoms with Gasteiger partial charge in [0.15, 0.2) is 0 Å². The number of halogens is 4. The Balaban J connectivity index is 1.89. The van der Waals surface area contributed by atoms with E-state index in [4.69, 9.17) is 11.6 Å². The van der Waals surface area contributed by atoms with Crippen LogP contribution in [0.15, 0.2) is 30.5 Å². The summed E-state index contributed by atoms with van der Waals surface area (Å²) in [6.07, 6.45) is -4.58. The molecule has 0 bridgehead atoms. The van der Waals surface area contributed by atoms with Crippen LogP contribution in [0.25, 0.3) is 0 Å². The fourth-order valence-electron chi connectivity index (χ4n) is 1.49. The molecule has 0 fully saturated rings. The van der Waals surface area contributed by atoms with Crippen molar-refractivity contribution in [3.05, 3.63) is 39.7 Å². The Bertz CT molecular complexity index is 589. The van der Waals surface area contributed by atoms with E-state index in [-0.39, 0.29) is 6.54 Å². The highest BCUT2D eigenvalue weighted by atomic mass is 35.5. The number of hydrogen-bond acceptors (Lipinski definition) is 5. The standard InChI is InChI=1S/C12H10ClF3N2O2S/c13-10-3-2-9(21-10)8(19)6-18-11-4-1-7(5-17-11)20-12(14,15)16/h1-5,8,19H,6H2,(H,17,18). The molecule has 2 rings (SSSR count). The van der Waals surface area contributed by atoms with Crippen molar-refractivity contribution in [3.8, 4) is 5.75 Å². The summed E-state index contributed by atoms with van der Waals surface area (Å²) in [6, 6.07) is 5.84. The van der Waals surface area contributed by atoms with Crippen LogP contribution in [-0.4, -0.2) is 23.0 Å². The molecule has 0 aliphatic rings. The highest BCUT2D eigenvalue weighted by Crippen LogP contribution is 2.27. The first-order valence-corrected chi connectivity index (χ1v) is 6.92.